The van der Waals surface area contributed by atoms with Crippen molar-refractivity contribution in [2.24, 2.45) is 0 Å². The Morgan fingerprint density at radius 2 is 1.94 bits per heavy atom. The molecule has 0 saturated heterocycles. The highest BCUT2D eigenvalue weighted by Gasteiger charge is 2.20. The van der Waals surface area contributed by atoms with Crippen molar-refractivity contribution in [3.05, 3.63) is 40.0 Å². The molecule has 0 saturated carbocycles. The fourth-order valence-electron chi connectivity index (χ4n) is 2.44. The van der Waals surface area contributed by atoms with Gasteiger partial charge in [0.05, 0.1) is 0 Å². The van der Waals surface area contributed by atoms with E-state index < -0.39 is 5.97 Å². The number of aryl methyl sites for hydroxylation is 1. The number of carbonyl (C=O) groups is 1. The molecule has 0 atom stereocenters. The van der Waals surface area contributed by atoms with E-state index in [1.54, 1.807) is 0 Å². The Balaban J connectivity index is 2.61. The van der Waals surface area contributed by atoms with Crippen LogP contribution in [0.25, 0.3) is 5.57 Å². The van der Waals surface area contributed by atoms with E-state index >= 15 is 0 Å². The molecule has 1 aliphatic rings. The molecule has 16 heavy (non-hydrogen) atoms. The van der Waals surface area contributed by atoms with Crippen molar-refractivity contribution in [3.63, 3.8) is 0 Å². The van der Waals surface area contributed by atoms with E-state index in [0.29, 0.717) is 0 Å². The van der Waals surface area contributed by atoms with Crippen molar-refractivity contribution in [1.82, 2.24) is 0 Å². The number of fused-ring (bicyclic) bond motifs is 1. The van der Waals surface area contributed by atoms with Gasteiger partial charge in [0.1, 0.15) is 0 Å². The predicted octanol–water partition coefficient (Wildman–Crippen LogP) is 3.03. The van der Waals surface area contributed by atoms with Gasteiger partial charge in [-0.1, -0.05) is 6.07 Å². The second-order valence-corrected chi connectivity index (χ2v) is 4.48. The summed E-state index contributed by atoms with van der Waals surface area (Å²) in [5, 5.41) is 8.82. The smallest absolute Gasteiger partial charge is 0.328 e. The Bertz CT molecular complexity index is 496. The van der Waals surface area contributed by atoms with Crippen LogP contribution in [-0.2, 0) is 11.2 Å². The molecule has 0 unspecified atom stereocenters. The van der Waals surface area contributed by atoms with Crippen LogP contribution in [0.5, 0.6) is 0 Å². The molecule has 1 aliphatic carbocycles. The van der Waals surface area contributed by atoms with Gasteiger partial charge in [-0.25, -0.2) is 4.79 Å². The maximum Gasteiger partial charge on any atom is 0.328 e. The number of carboxylic acid groups (broad SMARTS) is 1. The van der Waals surface area contributed by atoms with E-state index in [1.807, 2.05) is 0 Å². The maximum absolute atomic E-state index is 10.7. The molecule has 0 amide bonds. The van der Waals surface area contributed by atoms with Crippen molar-refractivity contribution in [1.29, 1.82) is 0 Å². The summed E-state index contributed by atoms with van der Waals surface area (Å²) in [6.45, 7) is 6.34. The molecular weight excluding hydrogens is 200 g/mol. The summed E-state index contributed by atoms with van der Waals surface area (Å²) in [6.07, 6.45) is 3.17. The lowest BCUT2D eigenvalue weighted by molar-refractivity contribution is -0.131. The lowest BCUT2D eigenvalue weighted by atomic mass is 9.94. The Hall–Kier alpha value is -1.57. The quantitative estimate of drug-likeness (QED) is 0.733. The second-order valence-electron chi connectivity index (χ2n) is 4.48. The van der Waals surface area contributed by atoms with Gasteiger partial charge in [0.2, 0.25) is 0 Å². The predicted molar refractivity (Wildman–Crippen MR) is 64.6 cm³/mol. The maximum atomic E-state index is 10.7. The lowest BCUT2D eigenvalue weighted by Crippen LogP contribution is -1.95. The molecule has 0 spiro atoms. The summed E-state index contributed by atoms with van der Waals surface area (Å²) < 4.78 is 0. The summed E-state index contributed by atoms with van der Waals surface area (Å²) >= 11 is 0. The van der Waals surface area contributed by atoms with Gasteiger partial charge in [-0.15, -0.1) is 0 Å². The van der Waals surface area contributed by atoms with Gasteiger partial charge < -0.3 is 5.11 Å². The van der Waals surface area contributed by atoms with Gasteiger partial charge in [0.25, 0.3) is 0 Å². The number of hydrogen-bond donors (Lipinski definition) is 1. The minimum absolute atomic E-state index is 0.848. The van der Waals surface area contributed by atoms with Gasteiger partial charge in [-0.2, -0.15) is 0 Å². The van der Waals surface area contributed by atoms with Crippen molar-refractivity contribution in [3.8, 4) is 0 Å². The minimum Gasteiger partial charge on any atom is -0.478 e. The van der Waals surface area contributed by atoms with E-state index in [0.717, 1.165) is 24.0 Å². The number of benzene rings is 1. The molecule has 1 N–H and O–H groups in total. The summed E-state index contributed by atoms with van der Waals surface area (Å²) in [7, 11) is 0. The molecule has 0 aliphatic heterocycles. The average molecular weight is 216 g/mol. The van der Waals surface area contributed by atoms with Crippen molar-refractivity contribution < 1.29 is 9.90 Å². The number of carboxylic acids is 1. The molecular formula is C14H16O2. The van der Waals surface area contributed by atoms with Crippen molar-refractivity contribution in [2.75, 3.05) is 0 Å². The van der Waals surface area contributed by atoms with E-state index in [9.17, 15) is 4.79 Å². The van der Waals surface area contributed by atoms with Gasteiger partial charge >= 0.3 is 5.97 Å². The summed E-state index contributed by atoms with van der Waals surface area (Å²) in [5.74, 6) is -0.848. The Labute approximate surface area is 95.6 Å². The first kappa shape index (κ1) is 10.9. The highest BCUT2D eigenvalue weighted by atomic mass is 16.4. The van der Waals surface area contributed by atoms with Crippen LogP contribution in [0.15, 0.2) is 12.1 Å². The van der Waals surface area contributed by atoms with Gasteiger partial charge in [-0.3, -0.25) is 0 Å². The largest absolute Gasteiger partial charge is 0.478 e. The third-order valence-electron chi connectivity index (χ3n) is 3.58. The molecule has 2 rings (SSSR count). The fraction of sp³-hybridized carbons (Fsp3) is 0.357. The van der Waals surface area contributed by atoms with Crippen LogP contribution >= 0.6 is 0 Å². The Kier molecular flexibility index (Phi) is 2.58. The Morgan fingerprint density at radius 3 is 2.56 bits per heavy atom. The molecule has 1 aromatic rings. The van der Waals surface area contributed by atoms with E-state index in [1.165, 1.54) is 28.3 Å². The van der Waals surface area contributed by atoms with E-state index in [4.69, 9.17) is 5.11 Å². The van der Waals surface area contributed by atoms with Gasteiger partial charge in [0.15, 0.2) is 0 Å². The van der Waals surface area contributed by atoms with Crippen LogP contribution in [0.4, 0.5) is 0 Å². The second kappa shape index (κ2) is 3.78. The zero-order valence-electron chi connectivity index (χ0n) is 9.92. The first-order valence-corrected chi connectivity index (χ1v) is 5.54. The topological polar surface area (TPSA) is 37.3 Å². The molecule has 0 bridgehead atoms. The molecule has 2 nitrogen and oxygen atoms in total. The minimum atomic E-state index is -0.848. The third kappa shape index (κ3) is 1.64. The lowest BCUT2D eigenvalue weighted by Gasteiger charge is -2.11. The summed E-state index contributed by atoms with van der Waals surface area (Å²) in [4.78, 5) is 10.7. The van der Waals surface area contributed by atoms with Gasteiger partial charge in [0, 0.05) is 6.08 Å². The fourth-order valence-corrected chi connectivity index (χ4v) is 2.44. The monoisotopic (exact) mass is 216 g/mol. The highest BCUT2D eigenvalue weighted by Crippen LogP contribution is 2.36. The van der Waals surface area contributed by atoms with Crippen LogP contribution < -0.4 is 0 Å². The average Bonchev–Trinajstić information content (AvgIpc) is 2.58. The number of allylic oxidation sites excluding steroid dienone is 1. The first-order chi connectivity index (χ1) is 7.50. The molecule has 0 fully saturated rings. The molecule has 84 valence electrons. The number of rotatable bonds is 1. The SMILES string of the molecule is Cc1cc2c(c(C)c1C)CC/C2=C/C(=O)O. The van der Waals surface area contributed by atoms with E-state index in [-0.39, 0.29) is 0 Å². The van der Waals surface area contributed by atoms with Crippen LogP contribution in [0.3, 0.4) is 0 Å². The highest BCUT2D eigenvalue weighted by molar-refractivity contribution is 5.92. The summed E-state index contributed by atoms with van der Waals surface area (Å²) in [5.41, 5.74) is 7.33. The number of hydrogen-bond acceptors (Lipinski definition) is 1. The summed E-state index contributed by atoms with van der Waals surface area (Å²) in [6, 6.07) is 2.12. The Morgan fingerprint density at radius 1 is 1.25 bits per heavy atom. The molecule has 2 heteroatoms. The zero-order chi connectivity index (χ0) is 11.9. The van der Waals surface area contributed by atoms with Crippen LogP contribution in [0, 0.1) is 20.8 Å². The van der Waals surface area contributed by atoms with Crippen molar-refractivity contribution in [2.45, 2.75) is 33.6 Å². The van der Waals surface area contributed by atoms with Gasteiger partial charge in [-0.05, 0) is 67.0 Å². The molecule has 0 aromatic heterocycles. The third-order valence-corrected chi connectivity index (χ3v) is 3.58. The van der Waals surface area contributed by atoms with E-state index in [2.05, 4.69) is 26.8 Å². The van der Waals surface area contributed by atoms with Crippen molar-refractivity contribution >= 4 is 11.5 Å². The van der Waals surface area contributed by atoms with Crippen LogP contribution in [-0.4, -0.2) is 11.1 Å². The molecule has 0 heterocycles. The first-order valence-electron chi connectivity index (χ1n) is 5.54. The molecule has 0 radical (unpaired) electrons. The zero-order valence-corrected chi connectivity index (χ0v) is 9.92. The number of aliphatic carboxylic acids is 1. The standard InChI is InChI=1S/C14H16O2/c1-8-6-13-11(7-14(15)16)4-5-12(13)10(3)9(8)2/h6-7H,4-5H2,1-3H3,(H,15,16)/b11-7-. The molecule has 1 aromatic carbocycles. The van der Waals surface area contributed by atoms with Crippen LogP contribution in [0.2, 0.25) is 0 Å². The normalized spacial score (nSPS) is 16.6. The van der Waals surface area contributed by atoms with Crippen LogP contribution in [0.1, 0.15) is 34.2 Å².